The van der Waals surface area contributed by atoms with Crippen LogP contribution in [0.4, 0.5) is 0 Å². The second-order valence-electron chi connectivity index (χ2n) is 0.890. The van der Waals surface area contributed by atoms with Crippen molar-refractivity contribution in [3.05, 3.63) is 6.92 Å². The van der Waals surface area contributed by atoms with E-state index >= 15 is 0 Å². The van der Waals surface area contributed by atoms with Crippen LogP contribution >= 0.6 is 0 Å². The zero-order chi connectivity index (χ0) is 4.41. The van der Waals surface area contributed by atoms with Gasteiger partial charge in [-0.1, -0.05) is 0 Å². The van der Waals surface area contributed by atoms with Crippen LogP contribution in [0, 0.1) is 6.92 Å². The first-order valence-electron chi connectivity index (χ1n) is 1.52. The van der Waals surface area contributed by atoms with E-state index in [0.717, 1.165) is 0 Å². The molecule has 0 spiro atoms. The number of hydrogen-bond donors (Lipinski definition) is 0. The molecule has 1 rings (SSSR count). The molecule has 0 saturated heterocycles. The van der Waals surface area contributed by atoms with Crippen LogP contribution in [0.1, 0.15) is 0 Å². The van der Waals surface area contributed by atoms with Crippen molar-refractivity contribution in [3.8, 4) is 0 Å². The molecule has 31 valence electrons. The Morgan fingerprint density at radius 1 is 1.17 bits per heavy atom. The monoisotopic (exact) mass is 83.0 g/mol. The molecular formula is C2H3N4. The molecule has 0 aromatic rings. The lowest BCUT2D eigenvalue weighted by Gasteiger charge is -1.76. The minimum Gasteiger partial charge on any atom is -0.138 e. The molecule has 0 aromatic carbocycles. The van der Waals surface area contributed by atoms with Gasteiger partial charge in [0.15, 0.2) is 6.17 Å². The summed E-state index contributed by atoms with van der Waals surface area (Å²) in [6.45, 7) is 3.42. The molecule has 6 heavy (non-hydrogen) atoms. The van der Waals surface area contributed by atoms with Gasteiger partial charge in [-0.05, 0) is 17.4 Å². The lowest BCUT2D eigenvalue weighted by atomic mass is 10.7. The van der Waals surface area contributed by atoms with Crippen molar-refractivity contribution < 1.29 is 0 Å². The highest BCUT2D eigenvalue weighted by molar-refractivity contribution is 4.61. The second-order valence-corrected chi connectivity index (χ2v) is 0.890. The summed E-state index contributed by atoms with van der Waals surface area (Å²) in [5.41, 5.74) is 0. The van der Waals surface area contributed by atoms with E-state index in [-0.39, 0.29) is 6.17 Å². The fraction of sp³-hybridized carbons (Fsp3) is 0.500. The Balaban J connectivity index is 2.60. The van der Waals surface area contributed by atoms with Crippen LogP contribution in [0.25, 0.3) is 0 Å². The minimum absolute atomic E-state index is 0.287. The maximum Gasteiger partial charge on any atom is 0.185 e. The molecule has 0 aromatic heterocycles. The van der Waals surface area contributed by atoms with E-state index in [1.807, 2.05) is 0 Å². The summed E-state index contributed by atoms with van der Waals surface area (Å²) in [6, 6.07) is 0. The van der Waals surface area contributed by atoms with Gasteiger partial charge in [-0.2, -0.15) is 0 Å². The molecule has 4 nitrogen and oxygen atoms in total. The van der Waals surface area contributed by atoms with Crippen molar-refractivity contribution in [2.24, 2.45) is 20.7 Å². The maximum absolute atomic E-state index is 3.42. The summed E-state index contributed by atoms with van der Waals surface area (Å²) in [5, 5.41) is 13.2. The zero-order valence-electron chi connectivity index (χ0n) is 3.07. The summed E-state index contributed by atoms with van der Waals surface area (Å²) in [4.78, 5) is 0. The van der Waals surface area contributed by atoms with Crippen molar-refractivity contribution in [2.75, 3.05) is 0 Å². The Hall–Kier alpha value is -0.800. The summed E-state index contributed by atoms with van der Waals surface area (Å²) in [6.07, 6.45) is -0.287. The quantitative estimate of drug-likeness (QED) is 0.419. The Labute approximate surface area is 35.0 Å². The first-order valence-corrected chi connectivity index (χ1v) is 1.52. The highest BCUT2D eigenvalue weighted by atomic mass is 15.5. The Morgan fingerprint density at radius 3 is 1.83 bits per heavy atom. The van der Waals surface area contributed by atoms with Gasteiger partial charge in [0, 0.05) is 0 Å². The van der Waals surface area contributed by atoms with Crippen molar-refractivity contribution in [2.45, 2.75) is 6.17 Å². The lowest BCUT2D eigenvalue weighted by Crippen LogP contribution is -1.82. The Bertz CT molecular complexity index is 81.7. The third kappa shape index (κ3) is 0.403. The molecule has 0 atom stereocenters. The van der Waals surface area contributed by atoms with E-state index < -0.39 is 0 Å². The van der Waals surface area contributed by atoms with Gasteiger partial charge >= 0.3 is 0 Å². The van der Waals surface area contributed by atoms with E-state index in [4.69, 9.17) is 0 Å². The van der Waals surface area contributed by atoms with Crippen molar-refractivity contribution in [3.63, 3.8) is 0 Å². The smallest absolute Gasteiger partial charge is 0.138 e. The SMILES string of the molecule is [CH2]C1N=NN=N1. The van der Waals surface area contributed by atoms with Gasteiger partial charge in [0.25, 0.3) is 0 Å². The second kappa shape index (κ2) is 1.12. The summed E-state index contributed by atoms with van der Waals surface area (Å²) in [7, 11) is 0. The normalized spacial score (nSPS) is 20.2. The molecule has 1 radical (unpaired) electrons. The third-order valence-electron chi connectivity index (χ3n) is 0.410. The van der Waals surface area contributed by atoms with Gasteiger partial charge in [-0.25, -0.2) is 0 Å². The molecule has 0 fully saturated rings. The van der Waals surface area contributed by atoms with E-state index in [9.17, 15) is 0 Å². The van der Waals surface area contributed by atoms with Crippen LogP contribution in [0.2, 0.25) is 0 Å². The summed E-state index contributed by atoms with van der Waals surface area (Å²) in [5.74, 6) is 0. The number of rotatable bonds is 0. The molecule has 0 unspecified atom stereocenters. The average molecular weight is 83.1 g/mol. The molecule has 4 heteroatoms. The fourth-order valence-electron chi connectivity index (χ4n) is 0.188. The highest BCUT2D eigenvalue weighted by Gasteiger charge is 1.96. The molecule has 1 aliphatic rings. The van der Waals surface area contributed by atoms with Crippen LogP contribution in [-0.4, -0.2) is 6.17 Å². The van der Waals surface area contributed by atoms with Gasteiger partial charge in [0.05, 0.1) is 0 Å². The molecular weight excluding hydrogens is 80.0 g/mol. The topological polar surface area (TPSA) is 49.4 Å². The van der Waals surface area contributed by atoms with E-state index in [1.165, 1.54) is 0 Å². The molecule has 0 amide bonds. The largest absolute Gasteiger partial charge is 0.185 e. The van der Waals surface area contributed by atoms with Crippen molar-refractivity contribution in [1.29, 1.82) is 0 Å². The predicted octanol–water partition coefficient (Wildman–Crippen LogP) is 0.980. The summed E-state index contributed by atoms with van der Waals surface area (Å²) >= 11 is 0. The fourth-order valence-corrected chi connectivity index (χ4v) is 0.188. The molecule has 1 heterocycles. The zero-order valence-corrected chi connectivity index (χ0v) is 3.07. The molecule has 1 aliphatic heterocycles. The van der Waals surface area contributed by atoms with E-state index in [1.54, 1.807) is 0 Å². The first-order chi connectivity index (χ1) is 2.89. The first kappa shape index (κ1) is 3.39. The standard InChI is InChI=1S/C2H3N4/c1-2-3-5-6-4-2/h2H,1H2. The third-order valence-corrected chi connectivity index (χ3v) is 0.410. The molecule has 0 bridgehead atoms. The highest BCUT2D eigenvalue weighted by Crippen LogP contribution is 2.00. The van der Waals surface area contributed by atoms with E-state index in [2.05, 4.69) is 27.6 Å². The van der Waals surface area contributed by atoms with Crippen LogP contribution < -0.4 is 0 Å². The van der Waals surface area contributed by atoms with Crippen molar-refractivity contribution >= 4 is 0 Å². The van der Waals surface area contributed by atoms with Gasteiger partial charge in [0.1, 0.15) is 0 Å². The van der Waals surface area contributed by atoms with Gasteiger partial charge in [-0.3, -0.25) is 0 Å². The van der Waals surface area contributed by atoms with Gasteiger partial charge in [-0.15, -0.1) is 10.2 Å². The molecule has 0 saturated carbocycles. The predicted molar refractivity (Wildman–Crippen MR) is 18.9 cm³/mol. The van der Waals surface area contributed by atoms with Crippen LogP contribution in [0.15, 0.2) is 20.7 Å². The van der Waals surface area contributed by atoms with Crippen molar-refractivity contribution in [1.82, 2.24) is 0 Å². The molecule has 0 aliphatic carbocycles. The number of hydrogen-bond acceptors (Lipinski definition) is 4. The molecule has 0 N–H and O–H groups in total. The Kier molecular flexibility index (Phi) is 0.633. The minimum atomic E-state index is -0.287. The van der Waals surface area contributed by atoms with Crippen LogP contribution in [0.3, 0.4) is 0 Å². The maximum atomic E-state index is 3.42. The van der Waals surface area contributed by atoms with Gasteiger partial charge in [0.2, 0.25) is 0 Å². The Morgan fingerprint density at radius 2 is 1.67 bits per heavy atom. The summed E-state index contributed by atoms with van der Waals surface area (Å²) < 4.78 is 0. The lowest BCUT2D eigenvalue weighted by molar-refractivity contribution is 0.859. The van der Waals surface area contributed by atoms with Crippen LogP contribution in [0.5, 0.6) is 0 Å². The van der Waals surface area contributed by atoms with Crippen LogP contribution in [-0.2, 0) is 0 Å². The number of nitrogens with zero attached hydrogens (tertiary/aromatic N) is 4. The van der Waals surface area contributed by atoms with Gasteiger partial charge < -0.3 is 0 Å². The van der Waals surface area contributed by atoms with E-state index in [0.29, 0.717) is 0 Å². The average Bonchev–Trinajstić information content (AvgIpc) is 1.86.